The Bertz CT molecular complexity index is 812. The van der Waals surface area contributed by atoms with E-state index in [1.54, 1.807) is 22.6 Å². The van der Waals surface area contributed by atoms with Crippen LogP contribution in [-0.2, 0) is 18.4 Å². The van der Waals surface area contributed by atoms with E-state index in [-0.39, 0.29) is 23.9 Å². The largest absolute Gasteiger partial charge is 0.484 e. The molecule has 0 N–H and O–H groups in total. The number of piperazine rings is 1. The maximum Gasteiger partial charge on any atom is 0.260 e. The highest BCUT2D eigenvalue weighted by molar-refractivity contribution is 5.77. The topological polar surface area (TPSA) is 54.8 Å². The molecule has 1 saturated heterocycles. The number of ether oxygens (including phenoxy) is 1. The first-order valence-corrected chi connectivity index (χ1v) is 8.55. The molecule has 2 aromatic rings. The van der Waals surface area contributed by atoms with Crippen LogP contribution in [0.1, 0.15) is 5.56 Å². The van der Waals surface area contributed by atoms with Crippen LogP contribution in [0.15, 0.2) is 47.4 Å². The minimum Gasteiger partial charge on any atom is -0.484 e. The predicted octanol–water partition coefficient (Wildman–Crippen LogP) is 1.25. The minimum atomic E-state index is -0.335. The van der Waals surface area contributed by atoms with Crippen molar-refractivity contribution in [3.63, 3.8) is 0 Å². The van der Waals surface area contributed by atoms with E-state index in [1.807, 2.05) is 12.3 Å². The van der Waals surface area contributed by atoms with Gasteiger partial charge in [-0.05, 0) is 29.8 Å². The number of benzene rings is 1. The van der Waals surface area contributed by atoms with Crippen LogP contribution in [0.2, 0.25) is 0 Å². The molecule has 0 radical (unpaired) electrons. The molecule has 0 spiro atoms. The summed E-state index contributed by atoms with van der Waals surface area (Å²) in [5.74, 6) is 0.0717. The molecule has 6 nitrogen and oxygen atoms in total. The van der Waals surface area contributed by atoms with E-state index in [9.17, 15) is 14.0 Å². The van der Waals surface area contributed by atoms with Gasteiger partial charge in [-0.15, -0.1) is 0 Å². The van der Waals surface area contributed by atoms with E-state index in [0.29, 0.717) is 18.8 Å². The molecule has 3 rings (SSSR count). The zero-order valence-electron chi connectivity index (χ0n) is 14.7. The van der Waals surface area contributed by atoms with Gasteiger partial charge in [-0.3, -0.25) is 14.5 Å². The van der Waals surface area contributed by atoms with E-state index >= 15 is 0 Å². The number of halogens is 1. The Morgan fingerprint density at radius 1 is 1.08 bits per heavy atom. The molecule has 138 valence electrons. The second-order valence-corrected chi connectivity index (χ2v) is 6.39. The molecule has 1 aliphatic heterocycles. The molecule has 1 aliphatic rings. The van der Waals surface area contributed by atoms with Crippen LogP contribution in [0.3, 0.4) is 0 Å². The van der Waals surface area contributed by atoms with E-state index in [0.717, 1.165) is 25.2 Å². The van der Waals surface area contributed by atoms with Gasteiger partial charge in [0.2, 0.25) is 5.56 Å². The summed E-state index contributed by atoms with van der Waals surface area (Å²) in [6.45, 7) is 3.51. The first kappa shape index (κ1) is 18.1. The van der Waals surface area contributed by atoms with E-state index in [1.165, 1.54) is 24.3 Å². The molecule has 2 heterocycles. The van der Waals surface area contributed by atoms with Crippen LogP contribution in [0.4, 0.5) is 4.39 Å². The first-order chi connectivity index (χ1) is 12.5. The lowest BCUT2D eigenvalue weighted by atomic mass is 10.2. The number of pyridine rings is 1. The summed E-state index contributed by atoms with van der Waals surface area (Å²) in [6, 6.07) is 9.04. The highest BCUT2D eigenvalue weighted by atomic mass is 19.1. The van der Waals surface area contributed by atoms with Gasteiger partial charge in [-0.1, -0.05) is 6.07 Å². The van der Waals surface area contributed by atoms with Crippen LogP contribution < -0.4 is 10.3 Å². The second-order valence-electron chi connectivity index (χ2n) is 6.39. The van der Waals surface area contributed by atoms with Gasteiger partial charge in [0, 0.05) is 52.0 Å². The third kappa shape index (κ3) is 4.70. The number of hydrogen-bond acceptors (Lipinski definition) is 4. The zero-order valence-corrected chi connectivity index (χ0v) is 14.7. The highest BCUT2D eigenvalue weighted by Crippen LogP contribution is 2.12. The molecule has 26 heavy (non-hydrogen) atoms. The van der Waals surface area contributed by atoms with Crippen LogP contribution in [0.25, 0.3) is 0 Å². The van der Waals surface area contributed by atoms with Crippen LogP contribution in [-0.4, -0.2) is 53.1 Å². The van der Waals surface area contributed by atoms with Crippen molar-refractivity contribution in [3.8, 4) is 5.75 Å². The third-order valence-electron chi connectivity index (χ3n) is 4.45. The Hall–Kier alpha value is -2.67. The van der Waals surface area contributed by atoms with Crippen molar-refractivity contribution >= 4 is 5.91 Å². The average molecular weight is 359 g/mol. The number of rotatable bonds is 5. The normalized spacial score (nSPS) is 15.1. The van der Waals surface area contributed by atoms with E-state index < -0.39 is 0 Å². The second kappa shape index (κ2) is 8.14. The van der Waals surface area contributed by atoms with Gasteiger partial charge in [0.15, 0.2) is 6.61 Å². The third-order valence-corrected chi connectivity index (χ3v) is 4.45. The standard InChI is InChI=1S/C19H22FN3O3/c1-21-12-15(2-7-18(21)24)13-22-8-10-23(11-9-22)19(25)14-26-17-5-3-16(20)4-6-17/h2-7,12H,8-11,13-14H2,1H3. The molecule has 0 bridgehead atoms. The van der Waals surface area contributed by atoms with Crippen LogP contribution >= 0.6 is 0 Å². The first-order valence-electron chi connectivity index (χ1n) is 8.55. The Morgan fingerprint density at radius 3 is 2.42 bits per heavy atom. The summed E-state index contributed by atoms with van der Waals surface area (Å²) in [6.07, 6.45) is 1.84. The fraction of sp³-hybridized carbons (Fsp3) is 0.368. The monoisotopic (exact) mass is 359 g/mol. The number of aromatic nitrogens is 1. The van der Waals surface area contributed by atoms with E-state index in [2.05, 4.69) is 4.90 Å². The van der Waals surface area contributed by atoms with E-state index in [4.69, 9.17) is 4.74 Å². The average Bonchev–Trinajstić information content (AvgIpc) is 2.65. The number of amides is 1. The fourth-order valence-electron chi connectivity index (χ4n) is 2.93. The Kier molecular flexibility index (Phi) is 5.68. The zero-order chi connectivity index (χ0) is 18.5. The maximum atomic E-state index is 12.9. The van der Waals surface area contributed by atoms with Gasteiger partial charge in [-0.2, -0.15) is 0 Å². The summed E-state index contributed by atoms with van der Waals surface area (Å²) < 4.78 is 19.8. The number of aryl methyl sites for hydroxylation is 1. The van der Waals surface area contributed by atoms with Crippen LogP contribution in [0.5, 0.6) is 5.75 Å². The van der Waals surface area contributed by atoms with Crippen molar-refractivity contribution < 1.29 is 13.9 Å². The van der Waals surface area contributed by atoms with Crippen molar-refractivity contribution in [1.29, 1.82) is 0 Å². The molecule has 1 fully saturated rings. The molecule has 1 aromatic carbocycles. The number of carbonyl (C=O) groups excluding carboxylic acids is 1. The molecular weight excluding hydrogens is 337 g/mol. The summed E-state index contributed by atoms with van der Waals surface area (Å²) in [4.78, 5) is 27.7. The molecule has 0 saturated carbocycles. The Morgan fingerprint density at radius 2 is 1.77 bits per heavy atom. The van der Waals surface area contributed by atoms with Crippen molar-refractivity contribution in [3.05, 3.63) is 64.3 Å². The Labute approximate surface area is 151 Å². The smallest absolute Gasteiger partial charge is 0.260 e. The number of hydrogen-bond donors (Lipinski definition) is 0. The molecule has 1 aromatic heterocycles. The van der Waals surface area contributed by atoms with Gasteiger partial charge < -0.3 is 14.2 Å². The summed E-state index contributed by atoms with van der Waals surface area (Å²) in [5, 5.41) is 0. The fourth-order valence-corrected chi connectivity index (χ4v) is 2.93. The van der Waals surface area contributed by atoms with Crippen molar-refractivity contribution in [2.24, 2.45) is 7.05 Å². The molecule has 7 heteroatoms. The van der Waals surface area contributed by atoms with Crippen LogP contribution in [0, 0.1) is 5.82 Å². The highest BCUT2D eigenvalue weighted by Gasteiger charge is 2.21. The summed E-state index contributed by atoms with van der Waals surface area (Å²) in [7, 11) is 1.74. The molecule has 0 atom stereocenters. The molecule has 0 unspecified atom stereocenters. The maximum absolute atomic E-state index is 12.9. The van der Waals surface area contributed by atoms with Gasteiger partial charge in [0.1, 0.15) is 11.6 Å². The lowest BCUT2D eigenvalue weighted by molar-refractivity contribution is -0.135. The van der Waals surface area contributed by atoms with Gasteiger partial charge in [0.25, 0.3) is 5.91 Å². The van der Waals surface area contributed by atoms with Gasteiger partial charge in [0.05, 0.1) is 0 Å². The SMILES string of the molecule is Cn1cc(CN2CCN(C(=O)COc3ccc(F)cc3)CC2)ccc1=O. The lowest BCUT2D eigenvalue weighted by Gasteiger charge is -2.34. The van der Waals surface area contributed by atoms with Crippen molar-refractivity contribution in [2.45, 2.75) is 6.54 Å². The summed E-state index contributed by atoms with van der Waals surface area (Å²) >= 11 is 0. The van der Waals surface area contributed by atoms with Gasteiger partial charge >= 0.3 is 0 Å². The molecule has 1 amide bonds. The van der Waals surface area contributed by atoms with Crippen molar-refractivity contribution in [2.75, 3.05) is 32.8 Å². The number of carbonyl (C=O) groups is 1. The lowest BCUT2D eigenvalue weighted by Crippen LogP contribution is -2.49. The molecular formula is C19H22FN3O3. The summed E-state index contributed by atoms with van der Waals surface area (Å²) in [5.41, 5.74) is 1.05. The minimum absolute atomic E-state index is 0.0229. The number of nitrogens with zero attached hydrogens (tertiary/aromatic N) is 3. The van der Waals surface area contributed by atoms with Gasteiger partial charge in [-0.25, -0.2) is 4.39 Å². The molecule has 0 aliphatic carbocycles. The predicted molar refractivity (Wildman–Crippen MR) is 95.4 cm³/mol. The van der Waals surface area contributed by atoms with Crippen molar-refractivity contribution in [1.82, 2.24) is 14.4 Å². The Balaban J connectivity index is 1.45. The quantitative estimate of drug-likeness (QED) is 0.806.